The van der Waals surface area contributed by atoms with Crippen molar-refractivity contribution >= 4 is 12.0 Å². The summed E-state index contributed by atoms with van der Waals surface area (Å²) in [5.74, 6) is 0.283. The molecule has 4 N–H and O–H groups in total. The number of hydrogen-bond acceptors (Lipinski definition) is 5. The summed E-state index contributed by atoms with van der Waals surface area (Å²) in [6.07, 6.45) is 1.53. The van der Waals surface area contributed by atoms with Crippen molar-refractivity contribution in [3.05, 3.63) is 5.82 Å². The second kappa shape index (κ2) is 8.88. The van der Waals surface area contributed by atoms with E-state index in [1.807, 2.05) is 0 Å². The molecule has 0 spiro atoms. The van der Waals surface area contributed by atoms with Gasteiger partial charge in [0.15, 0.2) is 5.82 Å². The monoisotopic (exact) mass is 298 g/mol. The molecule has 1 aromatic heterocycles. The van der Waals surface area contributed by atoms with Crippen molar-refractivity contribution in [1.29, 1.82) is 0 Å². The minimum Gasteiger partial charge on any atom is -0.481 e. The van der Waals surface area contributed by atoms with Crippen LogP contribution in [0.1, 0.15) is 38.9 Å². The van der Waals surface area contributed by atoms with Crippen LogP contribution in [0.15, 0.2) is 0 Å². The number of aliphatic carboxylic acids is 1. The van der Waals surface area contributed by atoms with E-state index in [9.17, 15) is 9.59 Å². The predicted molar refractivity (Wildman–Crippen MR) is 74.2 cm³/mol. The van der Waals surface area contributed by atoms with Crippen LogP contribution in [-0.2, 0) is 11.3 Å². The molecule has 0 bridgehead atoms. The molecule has 1 heterocycles. The molecule has 0 saturated heterocycles. The molecule has 1 unspecified atom stereocenters. The largest absolute Gasteiger partial charge is 0.481 e. The summed E-state index contributed by atoms with van der Waals surface area (Å²) in [6.45, 7) is 4.82. The third-order valence-corrected chi connectivity index (χ3v) is 3.27. The number of nitrogens with zero attached hydrogens (tertiary/aromatic N) is 3. The molecule has 0 radical (unpaired) electrons. The first-order valence-corrected chi connectivity index (χ1v) is 6.95. The number of carboxylic acids is 1. The standard InChI is InChI=1S/C12H22N6O3/c1-8(2)9(3-4-11(19)20)5-6-13-12(21)14-7-10-15-17-18-16-10/h8-9H,3-7H2,1-2H3,(H,19,20)(H2,13,14,21)(H,15,16,17,18). The molecule has 0 aliphatic carbocycles. The fraction of sp³-hybridized carbons (Fsp3) is 0.750. The topological polar surface area (TPSA) is 133 Å². The smallest absolute Gasteiger partial charge is 0.315 e. The summed E-state index contributed by atoms with van der Waals surface area (Å²) in [5.41, 5.74) is 0. The Hall–Kier alpha value is -2.19. The molecule has 0 aliphatic rings. The molecule has 1 rings (SSSR count). The Labute approximate surface area is 122 Å². The van der Waals surface area contributed by atoms with Gasteiger partial charge in [-0.2, -0.15) is 5.21 Å². The number of hydrogen-bond donors (Lipinski definition) is 4. The molecule has 2 amide bonds. The highest BCUT2D eigenvalue weighted by atomic mass is 16.4. The van der Waals surface area contributed by atoms with Gasteiger partial charge in [-0.05, 0) is 24.7 Å². The number of aromatic nitrogens is 4. The number of H-pyrrole nitrogens is 1. The first-order valence-electron chi connectivity index (χ1n) is 6.95. The molecular weight excluding hydrogens is 276 g/mol. The number of nitrogens with one attached hydrogen (secondary N) is 3. The van der Waals surface area contributed by atoms with Crippen LogP contribution in [-0.4, -0.2) is 44.3 Å². The average molecular weight is 298 g/mol. The minimum atomic E-state index is -0.786. The van der Waals surface area contributed by atoms with Gasteiger partial charge in [0.05, 0.1) is 6.54 Å². The van der Waals surface area contributed by atoms with Crippen molar-refractivity contribution in [3.8, 4) is 0 Å². The van der Waals surface area contributed by atoms with E-state index in [0.29, 0.717) is 24.7 Å². The minimum absolute atomic E-state index is 0.160. The van der Waals surface area contributed by atoms with Crippen LogP contribution in [0.5, 0.6) is 0 Å². The van der Waals surface area contributed by atoms with Gasteiger partial charge >= 0.3 is 12.0 Å². The number of carbonyl (C=O) groups is 2. The summed E-state index contributed by atoms with van der Waals surface area (Å²) < 4.78 is 0. The lowest BCUT2D eigenvalue weighted by Gasteiger charge is -2.20. The molecule has 118 valence electrons. The first-order chi connectivity index (χ1) is 9.99. The molecule has 1 atom stereocenters. The van der Waals surface area contributed by atoms with E-state index in [0.717, 1.165) is 6.42 Å². The zero-order valence-electron chi connectivity index (χ0n) is 12.3. The maximum atomic E-state index is 11.6. The van der Waals surface area contributed by atoms with Crippen LogP contribution < -0.4 is 10.6 Å². The van der Waals surface area contributed by atoms with Crippen LogP contribution in [0.25, 0.3) is 0 Å². The number of carbonyl (C=O) groups excluding carboxylic acids is 1. The lowest BCUT2D eigenvalue weighted by atomic mass is 9.88. The third-order valence-electron chi connectivity index (χ3n) is 3.27. The number of tetrazole rings is 1. The van der Waals surface area contributed by atoms with Gasteiger partial charge in [0.1, 0.15) is 0 Å². The SMILES string of the molecule is CC(C)C(CCNC(=O)NCc1nn[nH]n1)CCC(=O)O. The van der Waals surface area contributed by atoms with E-state index in [2.05, 4.69) is 45.1 Å². The summed E-state index contributed by atoms with van der Waals surface area (Å²) in [5, 5.41) is 27.2. The Morgan fingerprint density at radius 2 is 2.05 bits per heavy atom. The molecular formula is C12H22N6O3. The van der Waals surface area contributed by atoms with Gasteiger partial charge in [-0.1, -0.05) is 19.1 Å². The fourth-order valence-electron chi connectivity index (χ4n) is 1.97. The van der Waals surface area contributed by atoms with Gasteiger partial charge in [0, 0.05) is 13.0 Å². The van der Waals surface area contributed by atoms with Crippen molar-refractivity contribution < 1.29 is 14.7 Å². The van der Waals surface area contributed by atoms with Crippen LogP contribution in [0.3, 0.4) is 0 Å². The summed E-state index contributed by atoms with van der Waals surface area (Å²) >= 11 is 0. The zero-order valence-corrected chi connectivity index (χ0v) is 12.3. The second-order valence-electron chi connectivity index (χ2n) is 5.16. The molecule has 21 heavy (non-hydrogen) atoms. The van der Waals surface area contributed by atoms with Crippen LogP contribution in [0.2, 0.25) is 0 Å². The van der Waals surface area contributed by atoms with E-state index in [-0.39, 0.29) is 24.9 Å². The summed E-state index contributed by atoms with van der Waals surface area (Å²) in [4.78, 5) is 22.2. The quantitative estimate of drug-likeness (QED) is 0.525. The van der Waals surface area contributed by atoms with Crippen LogP contribution in [0.4, 0.5) is 4.79 Å². The second-order valence-corrected chi connectivity index (χ2v) is 5.16. The van der Waals surface area contributed by atoms with Crippen LogP contribution in [0, 0.1) is 11.8 Å². The van der Waals surface area contributed by atoms with Crippen molar-refractivity contribution in [2.75, 3.05) is 6.54 Å². The van der Waals surface area contributed by atoms with Crippen molar-refractivity contribution in [2.45, 2.75) is 39.7 Å². The Kier molecular flexibility index (Phi) is 7.13. The van der Waals surface area contributed by atoms with E-state index >= 15 is 0 Å². The van der Waals surface area contributed by atoms with Crippen LogP contribution >= 0.6 is 0 Å². The average Bonchev–Trinajstić information content (AvgIpc) is 2.92. The third kappa shape index (κ3) is 7.23. The summed E-state index contributed by atoms with van der Waals surface area (Å²) in [6, 6.07) is -0.305. The van der Waals surface area contributed by atoms with Crippen molar-refractivity contribution in [3.63, 3.8) is 0 Å². The van der Waals surface area contributed by atoms with Gasteiger partial charge in [-0.3, -0.25) is 4.79 Å². The number of rotatable bonds is 9. The Bertz CT molecular complexity index is 434. The van der Waals surface area contributed by atoms with Crippen molar-refractivity contribution in [2.24, 2.45) is 11.8 Å². The highest BCUT2D eigenvalue weighted by molar-refractivity contribution is 5.73. The molecule has 9 heteroatoms. The molecule has 0 aliphatic heterocycles. The lowest BCUT2D eigenvalue weighted by Crippen LogP contribution is -2.36. The highest BCUT2D eigenvalue weighted by Crippen LogP contribution is 2.20. The van der Waals surface area contributed by atoms with E-state index < -0.39 is 5.97 Å². The van der Waals surface area contributed by atoms with E-state index in [4.69, 9.17) is 5.11 Å². The maximum Gasteiger partial charge on any atom is 0.315 e. The van der Waals surface area contributed by atoms with Gasteiger partial charge < -0.3 is 15.7 Å². The molecule has 0 fully saturated rings. The van der Waals surface area contributed by atoms with Gasteiger partial charge in [-0.25, -0.2) is 4.79 Å². The molecule has 0 saturated carbocycles. The highest BCUT2D eigenvalue weighted by Gasteiger charge is 2.15. The Morgan fingerprint density at radius 3 is 2.62 bits per heavy atom. The van der Waals surface area contributed by atoms with Gasteiger partial charge in [-0.15, -0.1) is 10.2 Å². The number of urea groups is 1. The number of carboxylic acid groups (broad SMARTS) is 1. The van der Waals surface area contributed by atoms with Crippen molar-refractivity contribution in [1.82, 2.24) is 31.3 Å². The Balaban J connectivity index is 2.20. The predicted octanol–water partition coefficient (Wildman–Crippen LogP) is 0.526. The molecule has 0 aromatic carbocycles. The summed E-state index contributed by atoms with van der Waals surface area (Å²) in [7, 11) is 0. The Morgan fingerprint density at radius 1 is 1.29 bits per heavy atom. The van der Waals surface area contributed by atoms with Gasteiger partial charge in [0.25, 0.3) is 0 Å². The zero-order chi connectivity index (χ0) is 15.7. The van der Waals surface area contributed by atoms with E-state index in [1.165, 1.54) is 0 Å². The number of aromatic amines is 1. The molecule has 1 aromatic rings. The van der Waals surface area contributed by atoms with E-state index in [1.54, 1.807) is 0 Å². The maximum absolute atomic E-state index is 11.6. The molecule has 9 nitrogen and oxygen atoms in total. The normalized spacial score (nSPS) is 12.1. The lowest BCUT2D eigenvalue weighted by molar-refractivity contribution is -0.137. The van der Waals surface area contributed by atoms with Gasteiger partial charge in [0.2, 0.25) is 0 Å². The fourth-order valence-corrected chi connectivity index (χ4v) is 1.97. The number of amides is 2. The first kappa shape index (κ1) is 16.9.